The summed E-state index contributed by atoms with van der Waals surface area (Å²) in [7, 11) is -3.51. The first kappa shape index (κ1) is 18.2. The van der Waals surface area contributed by atoms with Crippen LogP contribution >= 0.6 is 27.3 Å². The number of rotatable bonds is 3. The van der Waals surface area contributed by atoms with Gasteiger partial charge in [-0.05, 0) is 55.2 Å². The molecular formula is C18H19BrN2O3S2. The summed E-state index contributed by atoms with van der Waals surface area (Å²) in [6, 6.07) is 8.68. The van der Waals surface area contributed by atoms with Crippen LogP contribution in [0.15, 0.2) is 39.7 Å². The number of sulfonamides is 1. The predicted molar refractivity (Wildman–Crippen MR) is 105 cm³/mol. The van der Waals surface area contributed by atoms with Crippen molar-refractivity contribution >= 4 is 43.2 Å². The minimum atomic E-state index is -3.51. The van der Waals surface area contributed by atoms with Gasteiger partial charge >= 0.3 is 0 Å². The number of aryl methyl sites for hydroxylation is 2. The summed E-state index contributed by atoms with van der Waals surface area (Å²) in [6.07, 6.45) is 3.33. The molecule has 0 radical (unpaired) electrons. The van der Waals surface area contributed by atoms with Crippen molar-refractivity contribution in [3.63, 3.8) is 0 Å². The van der Waals surface area contributed by atoms with Crippen molar-refractivity contribution in [3.05, 3.63) is 50.1 Å². The zero-order valence-corrected chi connectivity index (χ0v) is 17.4. The van der Waals surface area contributed by atoms with Gasteiger partial charge in [-0.25, -0.2) is 8.42 Å². The van der Waals surface area contributed by atoms with E-state index in [2.05, 4.69) is 15.9 Å². The lowest BCUT2D eigenvalue weighted by Gasteiger charge is -2.33. The van der Waals surface area contributed by atoms with Crippen molar-refractivity contribution in [2.24, 2.45) is 0 Å². The van der Waals surface area contributed by atoms with E-state index in [4.69, 9.17) is 0 Å². The van der Waals surface area contributed by atoms with E-state index in [0.717, 1.165) is 22.2 Å². The predicted octanol–water partition coefficient (Wildman–Crippen LogP) is 3.15. The molecule has 1 aromatic carbocycles. The van der Waals surface area contributed by atoms with Crippen LogP contribution in [-0.4, -0.2) is 49.7 Å². The molecule has 5 nitrogen and oxygen atoms in total. The summed E-state index contributed by atoms with van der Waals surface area (Å²) in [5, 5.41) is 0. The Morgan fingerprint density at radius 3 is 2.38 bits per heavy atom. The van der Waals surface area contributed by atoms with E-state index in [1.54, 1.807) is 40.5 Å². The SMILES string of the molecule is O=C(c1cc2c(s1)CCC2)N1CCN(S(=O)(=O)c2ccc(Br)cc2)CC1. The summed E-state index contributed by atoms with van der Waals surface area (Å²) in [5.74, 6) is 0.0325. The molecule has 0 spiro atoms. The van der Waals surface area contributed by atoms with Crippen molar-refractivity contribution < 1.29 is 13.2 Å². The maximum absolute atomic E-state index is 12.7. The molecule has 0 unspecified atom stereocenters. The minimum absolute atomic E-state index is 0.0325. The first-order valence-corrected chi connectivity index (χ1v) is 11.7. The number of thiophene rings is 1. The highest BCUT2D eigenvalue weighted by atomic mass is 79.9. The van der Waals surface area contributed by atoms with E-state index in [1.807, 2.05) is 6.07 Å². The topological polar surface area (TPSA) is 57.7 Å². The van der Waals surface area contributed by atoms with Crippen LogP contribution < -0.4 is 0 Å². The highest BCUT2D eigenvalue weighted by molar-refractivity contribution is 9.10. The highest BCUT2D eigenvalue weighted by Gasteiger charge is 2.31. The number of benzene rings is 1. The smallest absolute Gasteiger partial charge is 0.264 e. The van der Waals surface area contributed by atoms with E-state index in [-0.39, 0.29) is 10.8 Å². The second kappa shape index (κ2) is 7.07. The average Bonchev–Trinajstić information content (AvgIpc) is 3.23. The highest BCUT2D eigenvalue weighted by Crippen LogP contribution is 2.31. The van der Waals surface area contributed by atoms with Gasteiger partial charge in [0, 0.05) is 35.5 Å². The summed E-state index contributed by atoms with van der Waals surface area (Å²) in [5.41, 5.74) is 1.31. The third kappa shape index (κ3) is 3.35. The molecule has 1 amide bonds. The lowest BCUT2D eigenvalue weighted by Crippen LogP contribution is -2.50. The molecule has 138 valence electrons. The van der Waals surface area contributed by atoms with Gasteiger partial charge in [0.05, 0.1) is 9.77 Å². The number of nitrogens with zero attached hydrogens (tertiary/aromatic N) is 2. The van der Waals surface area contributed by atoms with Crippen LogP contribution in [0.4, 0.5) is 0 Å². The first-order valence-electron chi connectivity index (χ1n) is 8.62. The van der Waals surface area contributed by atoms with Crippen molar-refractivity contribution in [3.8, 4) is 0 Å². The van der Waals surface area contributed by atoms with Gasteiger partial charge in [0.2, 0.25) is 10.0 Å². The molecule has 0 bridgehead atoms. The second-order valence-electron chi connectivity index (χ2n) is 6.56. The van der Waals surface area contributed by atoms with E-state index >= 15 is 0 Å². The summed E-state index contributed by atoms with van der Waals surface area (Å²) >= 11 is 4.92. The molecular weight excluding hydrogens is 436 g/mol. The van der Waals surface area contributed by atoms with Crippen LogP contribution in [0.3, 0.4) is 0 Å². The van der Waals surface area contributed by atoms with Crippen LogP contribution in [0.2, 0.25) is 0 Å². The molecule has 1 fully saturated rings. The normalized spacial score (nSPS) is 18.1. The zero-order chi connectivity index (χ0) is 18.3. The quantitative estimate of drug-likeness (QED) is 0.715. The van der Waals surface area contributed by atoms with Crippen molar-refractivity contribution in [1.82, 2.24) is 9.21 Å². The van der Waals surface area contributed by atoms with E-state index in [9.17, 15) is 13.2 Å². The largest absolute Gasteiger partial charge is 0.335 e. The van der Waals surface area contributed by atoms with E-state index in [0.29, 0.717) is 26.2 Å². The summed E-state index contributed by atoms with van der Waals surface area (Å²) in [6.45, 7) is 1.51. The van der Waals surface area contributed by atoms with Gasteiger partial charge in [0.25, 0.3) is 5.91 Å². The molecule has 0 atom stereocenters. The number of carbonyl (C=O) groups excluding carboxylic acids is 1. The maximum atomic E-state index is 12.7. The Hall–Kier alpha value is -1.22. The minimum Gasteiger partial charge on any atom is -0.335 e. The number of carbonyl (C=O) groups is 1. The van der Waals surface area contributed by atoms with Crippen molar-refractivity contribution in [2.75, 3.05) is 26.2 Å². The molecule has 8 heteroatoms. The van der Waals surface area contributed by atoms with Gasteiger partial charge < -0.3 is 4.90 Å². The van der Waals surface area contributed by atoms with Crippen LogP contribution in [0.1, 0.15) is 26.5 Å². The fraction of sp³-hybridized carbons (Fsp3) is 0.389. The van der Waals surface area contributed by atoms with E-state index in [1.165, 1.54) is 21.2 Å². The Morgan fingerprint density at radius 2 is 1.73 bits per heavy atom. The zero-order valence-electron chi connectivity index (χ0n) is 14.2. The Bertz CT molecular complexity index is 908. The van der Waals surface area contributed by atoms with E-state index < -0.39 is 10.0 Å². The number of hydrogen-bond acceptors (Lipinski definition) is 4. The van der Waals surface area contributed by atoms with Crippen molar-refractivity contribution in [1.29, 1.82) is 0 Å². The molecule has 0 saturated carbocycles. The molecule has 0 N–H and O–H groups in total. The number of hydrogen-bond donors (Lipinski definition) is 0. The fourth-order valence-corrected chi connectivity index (χ4v) is 6.39. The summed E-state index contributed by atoms with van der Waals surface area (Å²) < 4.78 is 27.8. The van der Waals surface area contributed by atoms with Gasteiger partial charge in [-0.3, -0.25) is 4.79 Å². The lowest BCUT2D eigenvalue weighted by molar-refractivity contribution is 0.0702. The molecule has 2 aromatic rings. The molecule has 1 aliphatic carbocycles. The van der Waals surface area contributed by atoms with Crippen LogP contribution in [0.25, 0.3) is 0 Å². The van der Waals surface area contributed by atoms with Gasteiger partial charge in [-0.15, -0.1) is 11.3 Å². The lowest BCUT2D eigenvalue weighted by atomic mass is 10.2. The molecule has 26 heavy (non-hydrogen) atoms. The van der Waals surface area contributed by atoms with Gasteiger partial charge in [0.15, 0.2) is 0 Å². The summed E-state index contributed by atoms with van der Waals surface area (Å²) in [4.78, 5) is 16.9. The Kier molecular flexibility index (Phi) is 4.94. The second-order valence-corrected chi connectivity index (χ2v) is 10.6. The molecule has 4 rings (SSSR count). The number of piperazine rings is 1. The third-order valence-corrected chi connectivity index (χ3v) is 8.60. The Morgan fingerprint density at radius 1 is 1.04 bits per heavy atom. The van der Waals surface area contributed by atoms with Gasteiger partial charge in [-0.2, -0.15) is 4.31 Å². The van der Waals surface area contributed by atoms with Gasteiger partial charge in [0.1, 0.15) is 0 Å². The molecule has 1 saturated heterocycles. The van der Waals surface area contributed by atoms with Crippen LogP contribution in [0, 0.1) is 0 Å². The molecule has 2 aliphatic rings. The van der Waals surface area contributed by atoms with Crippen molar-refractivity contribution in [2.45, 2.75) is 24.2 Å². The average molecular weight is 455 g/mol. The molecule has 1 aliphatic heterocycles. The molecule has 1 aromatic heterocycles. The number of amides is 1. The molecule has 2 heterocycles. The standard InChI is InChI=1S/C18H19BrN2O3S2/c19-14-4-6-15(7-5-14)26(23,24)21-10-8-20(9-11-21)18(22)17-12-13-2-1-3-16(13)25-17/h4-7,12H,1-3,8-11H2. The Labute approximate surface area is 165 Å². The van der Waals surface area contributed by atoms with Crippen LogP contribution in [-0.2, 0) is 22.9 Å². The fourth-order valence-electron chi connectivity index (χ4n) is 3.48. The van der Waals surface area contributed by atoms with Crippen LogP contribution in [0.5, 0.6) is 0 Å². The third-order valence-electron chi connectivity index (χ3n) is 4.93. The number of fused-ring (bicyclic) bond motifs is 1. The number of halogens is 1. The first-order chi connectivity index (χ1) is 12.4. The monoisotopic (exact) mass is 454 g/mol. The Balaban J connectivity index is 1.43. The maximum Gasteiger partial charge on any atom is 0.264 e. The van der Waals surface area contributed by atoms with Gasteiger partial charge in [-0.1, -0.05) is 15.9 Å².